The van der Waals surface area contributed by atoms with Crippen LogP contribution in [0.1, 0.15) is 19.3 Å². The highest BCUT2D eigenvalue weighted by Crippen LogP contribution is 2.17. The van der Waals surface area contributed by atoms with Gasteiger partial charge in [0.05, 0.1) is 117 Å². The summed E-state index contributed by atoms with van der Waals surface area (Å²) in [5, 5.41) is 10.6. The molecule has 1 fully saturated rings. The van der Waals surface area contributed by atoms with Gasteiger partial charge in [0, 0.05) is 18.7 Å². The van der Waals surface area contributed by atoms with Gasteiger partial charge in [-0.15, -0.1) is 0 Å². The monoisotopic (exact) mass is 619 g/mol. The number of ether oxygens (including phenoxy) is 11. The average molecular weight is 620 g/mol. The van der Waals surface area contributed by atoms with Crippen molar-refractivity contribution < 1.29 is 57.0 Å². The van der Waals surface area contributed by atoms with Crippen LogP contribution >= 0.6 is 0 Å². The number of non-ortho nitro benzene ring substituents is 1. The standard InChI is InChI=1S/C29H49NO13/c31-30(32)27-4-6-28(7-5-27)41-25-23-39-21-19-37-17-15-35-13-11-33-9-10-34-12-14-36-16-18-38-20-22-40-24-26-43-29-3-1-2-8-42-29/h4-7,29H,1-3,8-26H2. The van der Waals surface area contributed by atoms with Gasteiger partial charge in [0.1, 0.15) is 12.4 Å². The third-order valence-electron chi connectivity index (χ3n) is 5.82. The molecule has 43 heavy (non-hydrogen) atoms. The second-order valence-corrected chi connectivity index (χ2v) is 9.17. The van der Waals surface area contributed by atoms with E-state index in [1.165, 1.54) is 12.1 Å². The van der Waals surface area contributed by atoms with E-state index in [0.29, 0.717) is 125 Å². The minimum Gasteiger partial charge on any atom is -0.491 e. The first-order valence-corrected chi connectivity index (χ1v) is 15.0. The van der Waals surface area contributed by atoms with Gasteiger partial charge in [-0.1, -0.05) is 0 Å². The second-order valence-electron chi connectivity index (χ2n) is 9.17. The average Bonchev–Trinajstić information content (AvgIpc) is 3.03. The lowest BCUT2D eigenvalue weighted by Crippen LogP contribution is -2.24. The van der Waals surface area contributed by atoms with Crippen molar-refractivity contribution in [3.8, 4) is 5.75 Å². The predicted molar refractivity (Wildman–Crippen MR) is 155 cm³/mol. The lowest BCUT2D eigenvalue weighted by Gasteiger charge is -2.22. The third kappa shape index (κ3) is 22.2. The second kappa shape index (κ2) is 27.6. The number of rotatable bonds is 30. The molecule has 1 aromatic carbocycles. The number of benzene rings is 1. The van der Waals surface area contributed by atoms with E-state index in [2.05, 4.69) is 0 Å². The van der Waals surface area contributed by atoms with Crippen LogP contribution in [0.2, 0.25) is 0 Å². The lowest BCUT2D eigenvalue weighted by atomic mass is 10.2. The molecule has 1 unspecified atom stereocenters. The van der Waals surface area contributed by atoms with Gasteiger partial charge in [0.2, 0.25) is 0 Å². The highest BCUT2D eigenvalue weighted by Gasteiger charge is 2.13. The lowest BCUT2D eigenvalue weighted by molar-refractivity contribution is -0.384. The molecule has 1 aliphatic heterocycles. The zero-order valence-electron chi connectivity index (χ0n) is 25.2. The number of nitro benzene ring substituents is 1. The first-order valence-electron chi connectivity index (χ1n) is 15.0. The van der Waals surface area contributed by atoms with Gasteiger partial charge in [0.15, 0.2) is 6.29 Å². The predicted octanol–water partition coefficient (Wildman–Crippen LogP) is 2.65. The number of hydrogen-bond acceptors (Lipinski definition) is 13. The molecule has 0 aliphatic carbocycles. The van der Waals surface area contributed by atoms with Crippen molar-refractivity contribution >= 4 is 5.69 Å². The molecule has 2 rings (SSSR count). The molecule has 0 N–H and O–H groups in total. The number of nitrogens with zero attached hydrogens (tertiary/aromatic N) is 1. The normalized spacial score (nSPS) is 15.1. The van der Waals surface area contributed by atoms with Gasteiger partial charge < -0.3 is 52.1 Å². The number of hydrogen-bond donors (Lipinski definition) is 0. The van der Waals surface area contributed by atoms with Crippen molar-refractivity contribution in [3.05, 3.63) is 34.4 Å². The van der Waals surface area contributed by atoms with Gasteiger partial charge in [0.25, 0.3) is 5.69 Å². The Balaban J connectivity index is 1.17. The van der Waals surface area contributed by atoms with Gasteiger partial charge >= 0.3 is 0 Å². The Labute approximate surface area is 254 Å². The van der Waals surface area contributed by atoms with Crippen molar-refractivity contribution in [3.63, 3.8) is 0 Å². The molecule has 14 heteroatoms. The van der Waals surface area contributed by atoms with Crippen LogP contribution in [0.3, 0.4) is 0 Å². The molecule has 0 aromatic heterocycles. The van der Waals surface area contributed by atoms with E-state index in [9.17, 15) is 10.1 Å². The Morgan fingerprint density at radius 3 is 1.35 bits per heavy atom. The zero-order chi connectivity index (χ0) is 30.5. The molecule has 1 aromatic rings. The highest BCUT2D eigenvalue weighted by molar-refractivity contribution is 5.35. The van der Waals surface area contributed by atoms with Crippen molar-refractivity contribution in [1.82, 2.24) is 0 Å². The fourth-order valence-electron chi connectivity index (χ4n) is 3.61. The number of nitro groups is 1. The summed E-state index contributed by atoms with van der Waals surface area (Å²) in [6, 6.07) is 5.92. The Hall–Kier alpha value is -1.98. The van der Waals surface area contributed by atoms with Crippen LogP contribution in [0.25, 0.3) is 0 Å². The van der Waals surface area contributed by atoms with Gasteiger partial charge in [-0.25, -0.2) is 0 Å². The maximum Gasteiger partial charge on any atom is 0.269 e. The summed E-state index contributed by atoms with van der Waals surface area (Å²) in [7, 11) is 0. The van der Waals surface area contributed by atoms with E-state index in [-0.39, 0.29) is 12.0 Å². The van der Waals surface area contributed by atoms with Crippen LogP contribution < -0.4 is 4.74 Å². The van der Waals surface area contributed by atoms with Crippen LogP contribution in [-0.2, 0) is 47.4 Å². The van der Waals surface area contributed by atoms with Crippen LogP contribution in [0, 0.1) is 10.1 Å². The molecule has 1 atom stereocenters. The molecule has 0 spiro atoms. The SMILES string of the molecule is O=[N+]([O-])c1ccc(OCCOCCOCCOCCOCCOCCOCCOCCOCCOC2CCCCO2)cc1. The Morgan fingerprint density at radius 2 is 0.977 bits per heavy atom. The van der Waals surface area contributed by atoms with E-state index in [0.717, 1.165) is 25.9 Å². The summed E-state index contributed by atoms with van der Waals surface area (Å²) in [4.78, 5) is 10.2. The zero-order valence-corrected chi connectivity index (χ0v) is 25.2. The Bertz CT molecular complexity index is 765. The summed E-state index contributed by atoms with van der Waals surface area (Å²) >= 11 is 0. The molecule has 0 saturated carbocycles. The van der Waals surface area contributed by atoms with E-state index in [1.807, 2.05) is 0 Å². The largest absolute Gasteiger partial charge is 0.491 e. The van der Waals surface area contributed by atoms with Crippen LogP contribution in [0.5, 0.6) is 5.75 Å². The summed E-state index contributed by atoms with van der Waals surface area (Å²) in [6.07, 6.45) is 3.17. The first kappa shape index (κ1) is 37.2. The van der Waals surface area contributed by atoms with Gasteiger partial charge in [-0.05, 0) is 31.4 Å². The molecule has 0 radical (unpaired) electrons. The van der Waals surface area contributed by atoms with Crippen LogP contribution in [0.15, 0.2) is 24.3 Å². The molecule has 1 heterocycles. The highest BCUT2D eigenvalue weighted by atomic mass is 16.7. The van der Waals surface area contributed by atoms with Crippen molar-refractivity contribution in [2.75, 3.05) is 126 Å². The van der Waals surface area contributed by atoms with Gasteiger partial charge in [-0.2, -0.15) is 0 Å². The molecule has 248 valence electrons. The topological polar surface area (TPSA) is 145 Å². The Morgan fingerprint density at radius 1 is 0.581 bits per heavy atom. The molecule has 1 aliphatic rings. The van der Waals surface area contributed by atoms with Crippen molar-refractivity contribution in [2.24, 2.45) is 0 Å². The van der Waals surface area contributed by atoms with E-state index < -0.39 is 4.92 Å². The maximum absolute atomic E-state index is 10.6. The molecule has 0 bridgehead atoms. The quantitative estimate of drug-likeness (QED) is 0.0707. The molecular weight excluding hydrogens is 570 g/mol. The van der Waals surface area contributed by atoms with Crippen molar-refractivity contribution in [1.29, 1.82) is 0 Å². The Kier molecular flexibility index (Phi) is 23.8. The fraction of sp³-hybridized carbons (Fsp3) is 0.793. The minimum atomic E-state index is -0.451. The fourth-order valence-corrected chi connectivity index (χ4v) is 3.61. The molecule has 0 amide bonds. The summed E-state index contributed by atoms with van der Waals surface area (Å²) < 4.78 is 60.2. The maximum atomic E-state index is 10.6. The van der Waals surface area contributed by atoms with Gasteiger partial charge in [-0.3, -0.25) is 10.1 Å². The summed E-state index contributed by atoms with van der Waals surface area (Å²) in [5.74, 6) is 0.558. The molecule has 14 nitrogen and oxygen atoms in total. The molecule has 1 saturated heterocycles. The molecular formula is C29H49NO13. The van der Waals surface area contributed by atoms with Crippen LogP contribution in [0.4, 0.5) is 5.69 Å². The van der Waals surface area contributed by atoms with Crippen molar-refractivity contribution in [2.45, 2.75) is 25.6 Å². The van der Waals surface area contributed by atoms with E-state index >= 15 is 0 Å². The van der Waals surface area contributed by atoms with E-state index in [1.54, 1.807) is 12.1 Å². The first-order chi connectivity index (χ1) is 21.3. The van der Waals surface area contributed by atoms with E-state index in [4.69, 9.17) is 52.1 Å². The third-order valence-corrected chi connectivity index (χ3v) is 5.82. The summed E-state index contributed by atoms with van der Waals surface area (Å²) in [5.41, 5.74) is 0.0275. The minimum absolute atomic E-state index is 0.0275. The smallest absolute Gasteiger partial charge is 0.269 e. The van der Waals surface area contributed by atoms with Crippen LogP contribution in [-0.4, -0.2) is 137 Å². The summed E-state index contributed by atoms with van der Waals surface area (Å²) in [6.45, 7) is 9.48.